The van der Waals surface area contributed by atoms with Crippen LogP contribution in [0.4, 0.5) is 5.13 Å². The van der Waals surface area contributed by atoms with E-state index in [0.29, 0.717) is 10.7 Å². The predicted molar refractivity (Wildman–Crippen MR) is 114 cm³/mol. The fourth-order valence-corrected chi connectivity index (χ4v) is 4.35. The first-order valence-electron chi connectivity index (χ1n) is 8.72. The normalized spacial score (nSPS) is 11.3. The quantitative estimate of drug-likeness (QED) is 0.622. The lowest BCUT2D eigenvalue weighted by atomic mass is 10.1. The lowest BCUT2D eigenvalue weighted by Gasteiger charge is -2.08. The summed E-state index contributed by atoms with van der Waals surface area (Å²) in [6.45, 7) is 3.68. The molecule has 0 aliphatic carbocycles. The Hall–Kier alpha value is -2.75. The molecule has 3 rings (SSSR count). The van der Waals surface area contributed by atoms with Crippen LogP contribution in [0.25, 0.3) is 11.3 Å². The summed E-state index contributed by atoms with van der Waals surface area (Å²) in [5, 5.41) is 3.22. The number of carbonyl (C=O) groups is 1. The second kappa shape index (κ2) is 8.32. The molecule has 7 nitrogen and oxygen atoms in total. The Morgan fingerprint density at radius 3 is 2.41 bits per heavy atom. The minimum Gasteiger partial charge on any atom is -0.497 e. The van der Waals surface area contributed by atoms with Gasteiger partial charge in [0, 0.05) is 16.0 Å². The van der Waals surface area contributed by atoms with Gasteiger partial charge in [0.15, 0.2) is 5.13 Å². The molecule has 0 saturated heterocycles. The van der Waals surface area contributed by atoms with E-state index in [9.17, 15) is 13.2 Å². The number of rotatable bonds is 6. The van der Waals surface area contributed by atoms with Crippen LogP contribution in [0, 0.1) is 13.8 Å². The van der Waals surface area contributed by atoms with E-state index in [-0.39, 0.29) is 10.5 Å². The second-order valence-electron chi connectivity index (χ2n) is 6.29. The van der Waals surface area contributed by atoms with Crippen molar-refractivity contribution in [3.8, 4) is 17.0 Å². The summed E-state index contributed by atoms with van der Waals surface area (Å²) in [4.78, 5) is 18.3. The molecule has 1 heterocycles. The predicted octanol–water partition coefficient (Wildman–Crippen LogP) is 3.60. The third kappa shape index (κ3) is 4.47. The minimum atomic E-state index is -3.64. The van der Waals surface area contributed by atoms with Gasteiger partial charge in [-0.3, -0.25) is 10.1 Å². The van der Waals surface area contributed by atoms with Gasteiger partial charge in [-0.2, -0.15) is 0 Å². The number of hydrogen-bond acceptors (Lipinski definition) is 6. The third-order valence-corrected chi connectivity index (χ3v) is 6.71. The second-order valence-corrected chi connectivity index (χ2v) is 9.38. The molecular weight excluding hydrogens is 410 g/mol. The topological polar surface area (TPSA) is 97.4 Å². The van der Waals surface area contributed by atoms with Crippen LogP contribution in [0.15, 0.2) is 47.4 Å². The number of aryl methyl sites for hydroxylation is 2. The van der Waals surface area contributed by atoms with E-state index in [4.69, 9.17) is 4.74 Å². The van der Waals surface area contributed by atoms with Gasteiger partial charge in [0.1, 0.15) is 5.75 Å². The molecule has 0 fully saturated rings. The zero-order chi connectivity index (χ0) is 21.2. The van der Waals surface area contributed by atoms with Crippen molar-refractivity contribution in [2.45, 2.75) is 18.7 Å². The number of methoxy groups -OCH3 is 1. The van der Waals surface area contributed by atoms with Crippen LogP contribution in [-0.4, -0.2) is 33.5 Å². The highest BCUT2D eigenvalue weighted by Crippen LogP contribution is 2.31. The number of ether oxygens (including phenoxy) is 1. The van der Waals surface area contributed by atoms with Crippen molar-refractivity contribution in [2.75, 3.05) is 19.5 Å². The maximum Gasteiger partial charge on any atom is 0.257 e. The van der Waals surface area contributed by atoms with Gasteiger partial charge in [-0.15, -0.1) is 11.3 Å². The molecule has 0 radical (unpaired) electrons. The molecule has 2 N–H and O–H groups in total. The summed E-state index contributed by atoms with van der Waals surface area (Å²) in [7, 11) is -0.707. The Bertz CT molecular complexity index is 1150. The van der Waals surface area contributed by atoms with Crippen LogP contribution in [0.1, 0.15) is 20.8 Å². The number of carbonyl (C=O) groups excluding carboxylic acids is 1. The molecule has 1 aromatic heterocycles. The highest BCUT2D eigenvalue weighted by molar-refractivity contribution is 7.89. The highest BCUT2D eigenvalue weighted by Gasteiger charge is 2.18. The average Bonchev–Trinajstić information content (AvgIpc) is 3.08. The molecule has 152 valence electrons. The Balaban J connectivity index is 1.87. The molecule has 9 heteroatoms. The van der Waals surface area contributed by atoms with Crippen molar-refractivity contribution < 1.29 is 17.9 Å². The van der Waals surface area contributed by atoms with E-state index in [2.05, 4.69) is 15.0 Å². The Kier molecular flexibility index (Phi) is 6.02. The summed E-state index contributed by atoms with van der Waals surface area (Å²) >= 11 is 1.36. The Morgan fingerprint density at radius 1 is 1.10 bits per heavy atom. The molecule has 0 aliphatic heterocycles. The smallest absolute Gasteiger partial charge is 0.257 e. The molecule has 0 bridgehead atoms. The Morgan fingerprint density at radius 2 is 1.79 bits per heavy atom. The van der Waals surface area contributed by atoms with Gasteiger partial charge in [0.2, 0.25) is 10.0 Å². The van der Waals surface area contributed by atoms with Crippen LogP contribution >= 0.6 is 11.3 Å². The number of nitrogens with zero attached hydrogens (tertiary/aromatic N) is 1. The van der Waals surface area contributed by atoms with E-state index in [1.54, 1.807) is 20.1 Å². The monoisotopic (exact) mass is 431 g/mol. The molecule has 2 aromatic carbocycles. The van der Waals surface area contributed by atoms with Crippen molar-refractivity contribution in [1.82, 2.24) is 9.71 Å². The van der Waals surface area contributed by atoms with Crippen molar-refractivity contribution in [3.05, 3.63) is 58.5 Å². The third-order valence-electron chi connectivity index (χ3n) is 4.41. The molecule has 0 saturated carbocycles. The van der Waals surface area contributed by atoms with E-state index in [0.717, 1.165) is 21.9 Å². The summed E-state index contributed by atoms with van der Waals surface area (Å²) in [5.41, 5.74) is 2.64. The minimum absolute atomic E-state index is 0.0324. The van der Waals surface area contributed by atoms with Crippen molar-refractivity contribution >= 4 is 32.4 Å². The van der Waals surface area contributed by atoms with Gasteiger partial charge in [-0.05, 0) is 62.9 Å². The number of benzene rings is 2. The Labute approximate surface area is 173 Å². The van der Waals surface area contributed by atoms with Gasteiger partial charge in [0.25, 0.3) is 5.91 Å². The van der Waals surface area contributed by atoms with E-state index in [1.165, 1.54) is 30.5 Å². The van der Waals surface area contributed by atoms with Crippen LogP contribution in [-0.2, 0) is 10.0 Å². The van der Waals surface area contributed by atoms with E-state index >= 15 is 0 Å². The highest BCUT2D eigenvalue weighted by atomic mass is 32.2. The fourth-order valence-electron chi connectivity index (χ4n) is 2.76. The molecule has 3 aromatic rings. The molecule has 0 spiro atoms. The van der Waals surface area contributed by atoms with Gasteiger partial charge >= 0.3 is 0 Å². The van der Waals surface area contributed by atoms with Crippen LogP contribution in [0.2, 0.25) is 0 Å². The first-order chi connectivity index (χ1) is 13.7. The zero-order valence-electron chi connectivity index (χ0n) is 16.4. The standard InChI is InChI=1S/C20H21N3O4S2/c1-12-5-10-16(29(25,26)21-3)11-17(12)19(24)23-20-22-18(13(2)28-20)14-6-8-15(27-4)9-7-14/h5-11,21H,1-4H3,(H,22,23,24). The van der Waals surface area contributed by atoms with Crippen LogP contribution in [0.3, 0.4) is 0 Å². The average molecular weight is 432 g/mol. The van der Waals surface area contributed by atoms with Crippen molar-refractivity contribution in [1.29, 1.82) is 0 Å². The number of anilines is 1. The number of nitrogens with one attached hydrogen (secondary N) is 2. The number of sulfonamides is 1. The lowest BCUT2D eigenvalue weighted by Crippen LogP contribution is -2.20. The summed E-state index contributed by atoms with van der Waals surface area (Å²) in [6, 6.07) is 11.9. The first-order valence-corrected chi connectivity index (χ1v) is 11.0. The summed E-state index contributed by atoms with van der Waals surface area (Å²) in [6.07, 6.45) is 0. The molecule has 1 amide bonds. The zero-order valence-corrected chi connectivity index (χ0v) is 18.1. The van der Waals surface area contributed by atoms with Crippen molar-refractivity contribution in [3.63, 3.8) is 0 Å². The fraction of sp³-hybridized carbons (Fsp3) is 0.200. The molecule has 0 unspecified atom stereocenters. The molecule has 29 heavy (non-hydrogen) atoms. The maximum atomic E-state index is 12.8. The van der Waals surface area contributed by atoms with Gasteiger partial charge in [-0.25, -0.2) is 18.1 Å². The van der Waals surface area contributed by atoms with Crippen LogP contribution < -0.4 is 14.8 Å². The maximum absolute atomic E-state index is 12.8. The number of thiazole rings is 1. The van der Waals surface area contributed by atoms with Gasteiger partial charge in [0.05, 0.1) is 17.7 Å². The van der Waals surface area contributed by atoms with E-state index < -0.39 is 15.9 Å². The SMILES string of the molecule is CNS(=O)(=O)c1ccc(C)c(C(=O)Nc2nc(-c3ccc(OC)cc3)c(C)s2)c1. The number of hydrogen-bond donors (Lipinski definition) is 2. The molecular formula is C20H21N3O4S2. The number of aromatic nitrogens is 1. The van der Waals surface area contributed by atoms with Crippen molar-refractivity contribution in [2.24, 2.45) is 0 Å². The lowest BCUT2D eigenvalue weighted by molar-refractivity contribution is 0.102. The molecule has 0 atom stereocenters. The van der Waals surface area contributed by atoms with Gasteiger partial charge in [-0.1, -0.05) is 6.07 Å². The van der Waals surface area contributed by atoms with E-state index in [1.807, 2.05) is 31.2 Å². The van der Waals surface area contributed by atoms with Gasteiger partial charge < -0.3 is 4.74 Å². The first kappa shape index (κ1) is 21.0. The summed E-state index contributed by atoms with van der Waals surface area (Å²) in [5.74, 6) is 0.340. The summed E-state index contributed by atoms with van der Waals surface area (Å²) < 4.78 is 31.5. The molecule has 0 aliphatic rings. The number of amides is 1. The van der Waals surface area contributed by atoms with Crippen LogP contribution in [0.5, 0.6) is 5.75 Å². The largest absolute Gasteiger partial charge is 0.497 e.